The normalized spacial score (nSPS) is 13.0. The number of hydrogen-bond donors (Lipinski definition) is 0. The summed E-state index contributed by atoms with van der Waals surface area (Å²) in [5.41, 5.74) is 0.587. The van der Waals surface area contributed by atoms with Crippen LogP contribution >= 0.6 is 22.9 Å². The Morgan fingerprint density at radius 1 is 1.35 bits per heavy atom. The number of benzene rings is 1. The lowest BCUT2D eigenvalue weighted by Gasteiger charge is -2.09. The van der Waals surface area contributed by atoms with Crippen LogP contribution in [0.3, 0.4) is 0 Å². The Morgan fingerprint density at radius 2 is 2.15 bits per heavy atom. The highest BCUT2D eigenvalue weighted by molar-refractivity contribution is 7.09. The van der Waals surface area contributed by atoms with Crippen LogP contribution in [-0.4, -0.2) is 9.55 Å². The molecule has 1 unspecified atom stereocenters. The van der Waals surface area contributed by atoms with Gasteiger partial charge in [-0.15, -0.1) is 22.9 Å². The van der Waals surface area contributed by atoms with Crippen LogP contribution in [0.1, 0.15) is 23.0 Å². The molecule has 2 heterocycles. The number of nitrogens with zero attached hydrogens (tertiary/aromatic N) is 2. The van der Waals surface area contributed by atoms with E-state index in [1.165, 1.54) is 6.07 Å². The molecule has 3 aromatic rings. The smallest absolute Gasteiger partial charge is 0.184 e. The Morgan fingerprint density at radius 3 is 2.80 bits per heavy atom. The number of hydrogen-bond acceptors (Lipinski definition) is 2. The number of thiophene rings is 1. The van der Waals surface area contributed by atoms with Gasteiger partial charge in [0.15, 0.2) is 11.6 Å². The average Bonchev–Trinajstić information content (AvgIpc) is 3.02. The topological polar surface area (TPSA) is 17.8 Å². The molecule has 1 atom stereocenters. The number of fused-ring (bicyclic) bond motifs is 1. The lowest BCUT2D eigenvalue weighted by atomic mass is 10.3. The second-order valence-electron chi connectivity index (χ2n) is 4.48. The molecule has 20 heavy (non-hydrogen) atoms. The van der Waals surface area contributed by atoms with Crippen LogP contribution in [0.25, 0.3) is 11.0 Å². The highest BCUT2D eigenvalue weighted by Gasteiger charge is 2.20. The first-order valence-corrected chi connectivity index (χ1v) is 7.40. The molecule has 0 N–H and O–H groups in total. The molecule has 0 amide bonds. The fourth-order valence-electron chi connectivity index (χ4n) is 2.20. The Labute approximate surface area is 123 Å². The molecule has 0 saturated carbocycles. The van der Waals surface area contributed by atoms with Gasteiger partial charge >= 0.3 is 0 Å². The van der Waals surface area contributed by atoms with Crippen LogP contribution in [0, 0.1) is 11.6 Å². The van der Waals surface area contributed by atoms with Crippen LogP contribution in [-0.2, 0) is 6.54 Å². The highest BCUT2D eigenvalue weighted by Crippen LogP contribution is 2.28. The Balaban J connectivity index is 2.25. The lowest BCUT2D eigenvalue weighted by molar-refractivity contribution is 0.512. The molecular formula is C14H11ClF2N2S. The summed E-state index contributed by atoms with van der Waals surface area (Å²) >= 11 is 7.67. The molecule has 0 aliphatic rings. The quantitative estimate of drug-likeness (QED) is 0.640. The van der Waals surface area contributed by atoms with Gasteiger partial charge in [-0.2, -0.15) is 0 Å². The van der Waals surface area contributed by atoms with Crippen LogP contribution in [0.2, 0.25) is 0 Å². The molecule has 0 radical (unpaired) electrons. The van der Waals surface area contributed by atoms with E-state index >= 15 is 0 Å². The van der Waals surface area contributed by atoms with Gasteiger partial charge in [0.2, 0.25) is 0 Å². The minimum absolute atomic E-state index is 0.168. The summed E-state index contributed by atoms with van der Waals surface area (Å²) in [7, 11) is 0. The van der Waals surface area contributed by atoms with Crippen molar-refractivity contribution in [3.05, 3.63) is 52.0 Å². The molecule has 0 fully saturated rings. The fourth-order valence-corrected chi connectivity index (χ4v) is 3.06. The molecule has 2 aromatic heterocycles. The average molecular weight is 313 g/mol. The minimum atomic E-state index is -0.880. The van der Waals surface area contributed by atoms with E-state index in [1.807, 2.05) is 17.5 Å². The molecular weight excluding hydrogens is 302 g/mol. The van der Waals surface area contributed by atoms with Gasteiger partial charge in [-0.05, 0) is 30.5 Å². The van der Waals surface area contributed by atoms with Crippen molar-refractivity contribution in [1.29, 1.82) is 0 Å². The van der Waals surface area contributed by atoms with Crippen molar-refractivity contribution in [1.82, 2.24) is 9.55 Å². The van der Waals surface area contributed by atoms with Gasteiger partial charge in [0.25, 0.3) is 0 Å². The van der Waals surface area contributed by atoms with Gasteiger partial charge in [0.1, 0.15) is 11.3 Å². The number of alkyl halides is 1. The highest BCUT2D eigenvalue weighted by atomic mass is 35.5. The molecule has 6 heteroatoms. The maximum Gasteiger partial charge on any atom is 0.184 e. The molecule has 0 aliphatic carbocycles. The van der Waals surface area contributed by atoms with Crippen LogP contribution in [0.4, 0.5) is 8.78 Å². The van der Waals surface area contributed by atoms with E-state index in [4.69, 9.17) is 11.6 Å². The van der Waals surface area contributed by atoms with Crippen molar-refractivity contribution in [2.75, 3.05) is 0 Å². The maximum atomic E-state index is 14.1. The third-order valence-electron chi connectivity index (χ3n) is 3.08. The lowest BCUT2D eigenvalue weighted by Crippen LogP contribution is -2.06. The molecule has 2 nitrogen and oxygen atoms in total. The molecule has 0 spiro atoms. The van der Waals surface area contributed by atoms with Crippen molar-refractivity contribution < 1.29 is 8.78 Å². The summed E-state index contributed by atoms with van der Waals surface area (Å²) in [6.07, 6.45) is 0. The molecule has 0 bridgehead atoms. The zero-order valence-corrected chi connectivity index (χ0v) is 12.2. The summed E-state index contributed by atoms with van der Waals surface area (Å²) in [5, 5.41) is 1.56. The first-order chi connectivity index (χ1) is 9.58. The predicted molar refractivity (Wildman–Crippen MR) is 77.3 cm³/mol. The van der Waals surface area contributed by atoms with E-state index in [9.17, 15) is 8.78 Å². The van der Waals surface area contributed by atoms with Gasteiger partial charge in [0, 0.05) is 4.88 Å². The van der Waals surface area contributed by atoms with Crippen molar-refractivity contribution >= 4 is 34.0 Å². The monoisotopic (exact) mass is 312 g/mol. The second-order valence-corrected chi connectivity index (χ2v) is 6.17. The number of aromatic nitrogens is 2. The standard InChI is InChI=1S/C14H11ClF2N2S/c1-8(15)14-18-11-5-4-10(16)12(17)13(11)19(14)7-9-3-2-6-20-9/h2-6,8H,7H2,1H3. The van der Waals surface area contributed by atoms with Gasteiger partial charge in [-0.1, -0.05) is 6.07 Å². The fraction of sp³-hybridized carbons (Fsp3) is 0.214. The molecule has 3 rings (SSSR count). The van der Waals surface area contributed by atoms with Crippen molar-refractivity contribution in [2.45, 2.75) is 18.8 Å². The number of halogens is 3. The molecule has 1 aromatic carbocycles. The van der Waals surface area contributed by atoms with E-state index in [-0.39, 0.29) is 10.9 Å². The van der Waals surface area contributed by atoms with E-state index in [0.29, 0.717) is 17.9 Å². The van der Waals surface area contributed by atoms with Gasteiger partial charge in [0.05, 0.1) is 17.4 Å². The second kappa shape index (κ2) is 5.14. The molecule has 104 valence electrons. The molecule has 0 aliphatic heterocycles. The third-order valence-corrected chi connectivity index (χ3v) is 4.14. The summed E-state index contributed by atoms with van der Waals surface area (Å²) < 4.78 is 29.2. The van der Waals surface area contributed by atoms with Crippen LogP contribution in [0.5, 0.6) is 0 Å². The van der Waals surface area contributed by atoms with Crippen molar-refractivity contribution in [2.24, 2.45) is 0 Å². The Hall–Kier alpha value is -1.46. The van der Waals surface area contributed by atoms with E-state index in [1.54, 1.807) is 22.8 Å². The van der Waals surface area contributed by atoms with Crippen LogP contribution in [0.15, 0.2) is 29.6 Å². The largest absolute Gasteiger partial charge is 0.319 e. The van der Waals surface area contributed by atoms with E-state index < -0.39 is 11.6 Å². The Bertz CT molecular complexity index is 750. The van der Waals surface area contributed by atoms with Crippen molar-refractivity contribution in [3.63, 3.8) is 0 Å². The first-order valence-electron chi connectivity index (χ1n) is 6.08. The summed E-state index contributed by atoms with van der Waals surface area (Å²) in [5.74, 6) is -1.21. The van der Waals surface area contributed by atoms with Gasteiger partial charge < -0.3 is 4.57 Å². The molecule has 0 saturated heterocycles. The maximum absolute atomic E-state index is 14.1. The zero-order chi connectivity index (χ0) is 14.3. The Kier molecular flexibility index (Phi) is 3.48. The summed E-state index contributed by atoms with van der Waals surface area (Å²) in [6.45, 7) is 2.20. The van der Waals surface area contributed by atoms with Crippen LogP contribution < -0.4 is 0 Å². The number of rotatable bonds is 3. The van der Waals surface area contributed by atoms with E-state index in [0.717, 1.165) is 10.9 Å². The first kappa shape index (κ1) is 13.5. The SMILES string of the molecule is CC(Cl)c1nc2ccc(F)c(F)c2n1Cc1cccs1. The van der Waals surface area contributed by atoms with E-state index in [2.05, 4.69) is 4.98 Å². The third kappa shape index (κ3) is 2.21. The number of imidazole rings is 1. The summed E-state index contributed by atoms with van der Waals surface area (Å²) in [4.78, 5) is 5.36. The predicted octanol–water partition coefficient (Wildman–Crippen LogP) is 4.72. The minimum Gasteiger partial charge on any atom is -0.319 e. The summed E-state index contributed by atoms with van der Waals surface area (Å²) in [6, 6.07) is 6.42. The van der Waals surface area contributed by atoms with Gasteiger partial charge in [-0.3, -0.25) is 0 Å². The zero-order valence-electron chi connectivity index (χ0n) is 10.6. The van der Waals surface area contributed by atoms with Gasteiger partial charge in [-0.25, -0.2) is 13.8 Å². The van der Waals surface area contributed by atoms with Crippen molar-refractivity contribution in [3.8, 4) is 0 Å².